The maximum absolute atomic E-state index is 12.6. The number of rotatable bonds is 7. The molecule has 1 aromatic carbocycles. The average Bonchev–Trinajstić information content (AvgIpc) is 3.03. The van der Waals surface area contributed by atoms with Gasteiger partial charge in [0.1, 0.15) is 0 Å². The molecule has 4 nitrogen and oxygen atoms in total. The molecule has 1 fully saturated rings. The van der Waals surface area contributed by atoms with Gasteiger partial charge in [-0.1, -0.05) is 38.8 Å². The number of nitrogens with two attached hydrogens (primary N) is 1. The van der Waals surface area contributed by atoms with Crippen molar-refractivity contribution < 1.29 is 4.79 Å². The minimum Gasteiger partial charge on any atom is -0.329 e. The Bertz CT molecular complexity index is 501. The standard InChI is InChI=1S/C18H29N3O.2ClH/c1-3-21(4-2)13-15-8-7-9-16(12-15)20-17(22)18(14-19)10-5-6-11-18;;/h7-9,12H,3-6,10-11,13-14,19H2,1-2H3,(H,20,22);2*1H. The Hall–Kier alpha value is -0.810. The summed E-state index contributed by atoms with van der Waals surface area (Å²) in [5, 5.41) is 3.09. The number of anilines is 1. The number of carbonyl (C=O) groups excluding carboxylic acids is 1. The van der Waals surface area contributed by atoms with E-state index in [0.717, 1.165) is 51.0 Å². The molecule has 0 heterocycles. The molecule has 24 heavy (non-hydrogen) atoms. The summed E-state index contributed by atoms with van der Waals surface area (Å²) in [5.74, 6) is 0.0903. The minimum atomic E-state index is -0.352. The fourth-order valence-electron chi connectivity index (χ4n) is 3.29. The molecule has 0 bridgehead atoms. The predicted molar refractivity (Wildman–Crippen MR) is 106 cm³/mol. The molecule has 1 saturated carbocycles. The lowest BCUT2D eigenvalue weighted by molar-refractivity contribution is -0.124. The van der Waals surface area contributed by atoms with E-state index in [-0.39, 0.29) is 36.1 Å². The van der Waals surface area contributed by atoms with Gasteiger partial charge in [-0.15, -0.1) is 24.8 Å². The number of halogens is 2. The molecule has 6 heteroatoms. The van der Waals surface area contributed by atoms with Crippen LogP contribution in [-0.2, 0) is 11.3 Å². The third-order valence-electron chi connectivity index (χ3n) is 4.92. The molecule has 0 atom stereocenters. The van der Waals surface area contributed by atoms with Crippen LogP contribution in [0.5, 0.6) is 0 Å². The summed E-state index contributed by atoms with van der Waals surface area (Å²) < 4.78 is 0. The van der Waals surface area contributed by atoms with E-state index in [1.54, 1.807) is 0 Å². The molecule has 0 aliphatic heterocycles. The van der Waals surface area contributed by atoms with Crippen LogP contribution in [0, 0.1) is 5.41 Å². The second-order valence-corrected chi connectivity index (χ2v) is 6.31. The predicted octanol–water partition coefficient (Wildman–Crippen LogP) is 3.83. The maximum Gasteiger partial charge on any atom is 0.231 e. The van der Waals surface area contributed by atoms with Crippen molar-refractivity contribution in [3.63, 3.8) is 0 Å². The van der Waals surface area contributed by atoms with Gasteiger partial charge in [-0.05, 0) is 43.6 Å². The second kappa shape index (κ2) is 10.9. The SMILES string of the molecule is CCN(CC)Cc1cccc(NC(=O)C2(CN)CCCC2)c1.Cl.Cl. The van der Waals surface area contributed by atoms with Crippen LogP contribution in [0.25, 0.3) is 0 Å². The zero-order valence-electron chi connectivity index (χ0n) is 14.7. The Morgan fingerprint density at radius 2 is 1.83 bits per heavy atom. The van der Waals surface area contributed by atoms with Gasteiger partial charge in [0.15, 0.2) is 0 Å². The van der Waals surface area contributed by atoms with E-state index in [0.29, 0.717) is 6.54 Å². The highest BCUT2D eigenvalue weighted by molar-refractivity contribution is 5.95. The molecular formula is C18H31Cl2N3O. The topological polar surface area (TPSA) is 58.4 Å². The minimum absolute atomic E-state index is 0. The van der Waals surface area contributed by atoms with Gasteiger partial charge in [0.25, 0.3) is 0 Å². The number of benzene rings is 1. The molecule has 1 aromatic rings. The van der Waals surface area contributed by atoms with Crippen molar-refractivity contribution in [1.82, 2.24) is 4.90 Å². The highest BCUT2D eigenvalue weighted by atomic mass is 35.5. The number of amides is 1. The fraction of sp³-hybridized carbons (Fsp3) is 0.611. The first kappa shape index (κ1) is 23.2. The van der Waals surface area contributed by atoms with Gasteiger partial charge in [0.2, 0.25) is 5.91 Å². The lowest BCUT2D eigenvalue weighted by Crippen LogP contribution is -2.40. The van der Waals surface area contributed by atoms with Gasteiger partial charge < -0.3 is 11.1 Å². The second-order valence-electron chi connectivity index (χ2n) is 6.31. The third kappa shape index (κ3) is 5.62. The number of nitrogens with one attached hydrogen (secondary N) is 1. The molecule has 0 spiro atoms. The van der Waals surface area contributed by atoms with Gasteiger partial charge in [-0.25, -0.2) is 0 Å². The smallest absolute Gasteiger partial charge is 0.231 e. The van der Waals surface area contributed by atoms with Crippen LogP contribution in [0.3, 0.4) is 0 Å². The lowest BCUT2D eigenvalue weighted by Gasteiger charge is -2.26. The van der Waals surface area contributed by atoms with Gasteiger partial charge in [0.05, 0.1) is 5.41 Å². The number of hydrogen-bond acceptors (Lipinski definition) is 3. The van der Waals surface area contributed by atoms with Crippen LogP contribution >= 0.6 is 24.8 Å². The van der Waals surface area contributed by atoms with E-state index in [9.17, 15) is 4.79 Å². The zero-order valence-corrected chi connectivity index (χ0v) is 16.3. The fourth-order valence-corrected chi connectivity index (χ4v) is 3.29. The summed E-state index contributed by atoms with van der Waals surface area (Å²) in [7, 11) is 0. The van der Waals surface area contributed by atoms with Crippen molar-refractivity contribution in [2.45, 2.75) is 46.1 Å². The van der Waals surface area contributed by atoms with Crippen molar-refractivity contribution >= 4 is 36.4 Å². The summed E-state index contributed by atoms with van der Waals surface area (Å²) in [5.41, 5.74) is 7.65. The number of hydrogen-bond donors (Lipinski definition) is 2. The van der Waals surface area contributed by atoms with E-state index in [1.165, 1.54) is 5.56 Å². The highest BCUT2D eigenvalue weighted by Gasteiger charge is 2.39. The Morgan fingerprint density at radius 1 is 1.21 bits per heavy atom. The Labute approximate surface area is 158 Å². The molecule has 3 N–H and O–H groups in total. The van der Waals surface area contributed by atoms with E-state index >= 15 is 0 Å². The van der Waals surface area contributed by atoms with Crippen molar-refractivity contribution in [1.29, 1.82) is 0 Å². The molecule has 1 aliphatic rings. The summed E-state index contributed by atoms with van der Waals surface area (Å²) in [6.07, 6.45) is 4.03. The van der Waals surface area contributed by atoms with Crippen LogP contribution in [0.15, 0.2) is 24.3 Å². The van der Waals surface area contributed by atoms with E-state index in [4.69, 9.17) is 5.73 Å². The molecule has 0 saturated heterocycles. The van der Waals surface area contributed by atoms with Crippen molar-refractivity contribution in [2.75, 3.05) is 25.0 Å². The summed E-state index contributed by atoms with van der Waals surface area (Å²) in [6.45, 7) is 7.75. The third-order valence-corrected chi connectivity index (χ3v) is 4.92. The van der Waals surface area contributed by atoms with E-state index < -0.39 is 0 Å². The first-order chi connectivity index (χ1) is 10.6. The van der Waals surface area contributed by atoms with Crippen LogP contribution in [0.1, 0.15) is 45.1 Å². The maximum atomic E-state index is 12.6. The molecule has 138 valence electrons. The summed E-state index contributed by atoms with van der Waals surface area (Å²) in [4.78, 5) is 15.0. The molecule has 0 aromatic heterocycles. The average molecular weight is 376 g/mol. The summed E-state index contributed by atoms with van der Waals surface area (Å²) >= 11 is 0. The quantitative estimate of drug-likeness (QED) is 0.760. The van der Waals surface area contributed by atoms with E-state index in [2.05, 4.69) is 36.2 Å². The Balaban J connectivity index is 0.00000264. The molecule has 1 aliphatic carbocycles. The first-order valence-corrected chi connectivity index (χ1v) is 8.46. The lowest BCUT2D eigenvalue weighted by atomic mass is 9.85. The molecule has 1 amide bonds. The van der Waals surface area contributed by atoms with Crippen LogP contribution < -0.4 is 11.1 Å². The number of nitrogens with zero attached hydrogens (tertiary/aromatic N) is 1. The van der Waals surface area contributed by atoms with Gasteiger partial charge in [-0.2, -0.15) is 0 Å². The Morgan fingerprint density at radius 3 is 2.38 bits per heavy atom. The largest absolute Gasteiger partial charge is 0.329 e. The number of carbonyl (C=O) groups is 1. The van der Waals surface area contributed by atoms with Crippen LogP contribution in [-0.4, -0.2) is 30.4 Å². The zero-order chi connectivity index (χ0) is 16.0. The van der Waals surface area contributed by atoms with Gasteiger partial charge in [-0.3, -0.25) is 9.69 Å². The van der Waals surface area contributed by atoms with Crippen molar-refractivity contribution in [3.8, 4) is 0 Å². The monoisotopic (exact) mass is 375 g/mol. The van der Waals surface area contributed by atoms with Crippen molar-refractivity contribution in [2.24, 2.45) is 11.1 Å². The Kier molecular flexibility index (Phi) is 10.6. The molecule has 0 unspecified atom stereocenters. The summed E-state index contributed by atoms with van der Waals surface area (Å²) in [6, 6.07) is 8.17. The molecule has 2 rings (SSSR count). The van der Waals surface area contributed by atoms with Gasteiger partial charge in [0, 0.05) is 18.8 Å². The molecular weight excluding hydrogens is 345 g/mol. The normalized spacial score (nSPS) is 15.5. The highest BCUT2D eigenvalue weighted by Crippen LogP contribution is 2.38. The van der Waals surface area contributed by atoms with Crippen molar-refractivity contribution in [3.05, 3.63) is 29.8 Å². The van der Waals surface area contributed by atoms with Crippen LogP contribution in [0.2, 0.25) is 0 Å². The van der Waals surface area contributed by atoms with Crippen LogP contribution in [0.4, 0.5) is 5.69 Å². The first-order valence-electron chi connectivity index (χ1n) is 8.46. The van der Waals surface area contributed by atoms with Gasteiger partial charge >= 0.3 is 0 Å². The molecule has 0 radical (unpaired) electrons. The van der Waals surface area contributed by atoms with E-state index in [1.807, 2.05) is 12.1 Å².